The maximum absolute atomic E-state index is 12.8. The predicted octanol–water partition coefficient (Wildman–Crippen LogP) is 3.05. The van der Waals surface area contributed by atoms with Gasteiger partial charge in [0.2, 0.25) is 5.91 Å². The van der Waals surface area contributed by atoms with Gasteiger partial charge in [-0.2, -0.15) is 0 Å². The number of anilines is 1. The molecular formula is C20H21ClN4O2. The second-order valence-electron chi connectivity index (χ2n) is 7.07. The highest BCUT2D eigenvalue weighted by Crippen LogP contribution is 2.48. The number of nitrogens with zero attached hydrogens (tertiary/aromatic N) is 2. The first-order chi connectivity index (χ1) is 13.0. The third-order valence-corrected chi connectivity index (χ3v) is 5.40. The molecule has 1 amide bonds. The van der Waals surface area contributed by atoms with Gasteiger partial charge < -0.3 is 15.8 Å². The molecule has 2 aromatic rings. The van der Waals surface area contributed by atoms with Crippen molar-refractivity contribution in [3.8, 4) is 0 Å². The number of amides is 1. The van der Waals surface area contributed by atoms with E-state index in [1.165, 1.54) is 5.56 Å². The quantitative estimate of drug-likeness (QED) is 0.749. The number of nitrogens with one attached hydrogen (secondary N) is 1. The first-order valence-electron chi connectivity index (χ1n) is 9.04. The molecule has 0 radical (unpaired) electrons. The Morgan fingerprint density at radius 2 is 2.04 bits per heavy atom. The largest absolute Gasteiger partial charge is 0.463 e. The van der Waals surface area contributed by atoms with Crippen LogP contribution in [0.4, 0.5) is 5.69 Å². The van der Waals surface area contributed by atoms with Crippen molar-refractivity contribution in [3.63, 3.8) is 0 Å². The van der Waals surface area contributed by atoms with E-state index in [1.807, 2.05) is 30.3 Å². The van der Waals surface area contributed by atoms with Crippen molar-refractivity contribution < 1.29 is 9.53 Å². The summed E-state index contributed by atoms with van der Waals surface area (Å²) < 4.78 is 5.17. The Morgan fingerprint density at radius 3 is 2.63 bits per heavy atom. The van der Waals surface area contributed by atoms with Gasteiger partial charge in [-0.1, -0.05) is 29.8 Å². The van der Waals surface area contributed by atoms with E-state index in [0.717, 1.165) is 36.9 Å². The van der Waals surface area contributed by atoms with E-state index in [2.05, 4.69) is 15.3 Å². The molecule has 1 atom stereocenters. The first-order valence-corrected chi connectivity index (χ1v) is 9.41. The predicted molar refractivity (Wildman–Crippen MR) is 105 cm³/mol. The Bertz CT molecular complexity index is 861. The normalized spacial score (nSPS) is 19.9. The van der Waals surface area contributed by atoms with Crippen molar-refractivity contribution >= 4 is 29.2 Å². The first kappa shape index (κ1) is 17.8. The van der Waals surface area contributed by atoms with Crippen LogP contribution in [0.15, 0.2) is 47.6 Å². The molecule has 1 fully saturated rings. The molecule has 6 nitrogen and oxygen atoms in total. The minimum Gasteiger partial charge on any atom is -0.463 e. The summed E-state index contributed by atoms with van der Waals surface area (Å²) in [5, 5.41) is 3.46. The highest BCUT2D eigenvalue weighted by molar-refractivity contribution is 6.29. The van der Waals surface area contributed by atoms with Gasteiger partial charge >= 0.3 is 0 Å². The van der Waals surface area contributed by atoms with Gasteiger partial charge in [0.1, 0.15) is 11.8 Å². The SMILES string of the molecule is NC1=NC(CCc2ccc(NC(=O)C3(c4ccc(Cl)nc4)CC3)cc2)CO1. The van der Waals surface area contributed by atoms with E-state index >= 15 is 0 Å². The van der Waals surface area contributed by atoms with E-state index in [0.29, 0.717) is 11.8 Å². The highest BCUT2D eigenvalue weighted by atomic mass is 35.5. The summed E-state index contributed by atoms with van der Waals surface area (Å²) in [6.45, 7) is 0.557. The van der Waals surface area contributed by atoms with Crippen LogP contribution in [0.5, 0.6) is 0 Å². The van der Waals surface area contributed by atoms with Crippen molar-refractivity contribution in [2.45, 2.75) is 37.1 Å². The van der Waals surface area contributed by atoms with Crippen LogP contribution in [0.2, 0.25) is 5.15 Å². The van der Waals surface area contributed by atoms with Gasteiger partial charge in [-0.05, 0) is 55.0 Å². The molecule has 1 aromatic carbocycles. The molecule has 1 aliphatic heterocycles. The van der Waals surface area contributed by atoms with Crippen molar-refractivity contribution in [1.82, 2.24) is 4.98 Å². The van der Waals surface area contributed by atoms with Crippen LogP contribution in [0, 0.1) is 0 Å². The molecule has 140 valence electrons. The van der Waals surface area contributed by atoms with E-state index in [1.54, 1.807) is 12.3 Å². The van der Waals surface area contributed by atoms with E-state index in [4.69, 9.17) is 22.1 Å². The zero-order valence-corrected chi connectivity index (χ0v) is 15.6. The average molecular weight is 385 g/mol. The van der Waals surface area contributed by atoms with Crippen LogP contribution in [-0.4, -0.2) is 29.6 Å². The molecule has 0 spiro atoms. The summed E-state index contributed by atoms with van der Waals surface area (Å²) in [5.41, 5.74) is 7.95. The highest BCUT2D eigenvalue weighted by Gasteiger charge is 2.51. The van der Waals surface area contributed by atoms with Crippen LogP contribution in [0.3, 0.4) is 0 Å². The summed E-state index contributed by atoms with van der Waals surface area (Å²) in [4.78, 5) is 21.1. The topological polar surface area (TPSA) is 89.6 Å². The number of ether oxygens (including phenoxy) is 1. The monoisotopic (exact) mass is 384 g/mol. The van der Waals surface area contributed by atoms with Crippen LogP contribution in [0.1, 0.15) is 30.4 Å². The van der Waals surface area contributed by atoms with Gasteiger partial charge in [0.05, 0.1) is 11.5 Å². The lowest BCUT2D eigenvalue weighted by molar-refractivity contribution is -0.118. The number of carbonyl (C=O) groups excluding carboxylic acids is 1. The van der Waals surface area contributed by atoms with Crippen molar-refractivity contribution in [1.29, 1.82) is 0 Å². The fraction of sp³-hybridized carbons (Fsp3) is 0.350. The molecule has 2 aliphatic rings. The number of hydrogen-bond donors (Lipinski definition) is 2. The van der Waals surface area contributed by atoms with Crippen LogP contribution in [-0.2, 0) is 21.4 Å². The van der Waals surface area contributed by atoms with Crippen LogP contribution >= 0.6 is 11.6 Å². The molecule has 0 saturated heterocycles. The average Bonchev–Trinajstić information content (AvgIpc) is 3.38. The number of pyridine rings is 1. The molecule has 3 N–H and O–H groups in total. The minimum atomic E-state index is -0.476. The number of carbonyl (C=O) groups is 1. The van der Waals surface area contributed by atoms with Crippen molar-refractivity contribution in [2.75, 3.05) is 11.9 Å². The Kier molecular flexibility index (Phi) is 4.74. The van der Waals surface area contributed by atoms with Gasteiger partial charge in [0.25, 0.3) is 6.02 Å². The number of amidine groups is 1. The number of aryl methyl sites for hydroxylation is 1. The van der Waals surface area contributed by atoms with Crippen molar-refractivity contribution in [2.24, 2.45) is 10.7 Å². The number of halogens is 1. The number of rotatable bonds is 6. The lowest BCUT2D eigenvalue weighted by atomic mass is 9.96. The maximum Gasteiger partial charge on any atom is 0.282 e. The summed E-state index contributed by atoms with van der Waals surface area (Å²) in [7, 11) is 0. The molecule has 0 bridgehead atoms. The van der Waals surface area contributed by atoms with Crippen molar-refractivity contribution in [3.05, 3.63) is 58.9 Å². The number of hydrogen-bond acceptors (Lipinski definition) is 5. The van der Waals surface area contributed by atoms with Crippen LogP contribution in [0.25, 0.3) is 0 Å². The van der Waals surface area contributed by atoms with E-state index in [9.17, 15) is 4.79 Å². The number of aromatic nitrogens is 1. The molecule has 4 rings (SSSR count). The molecule has 1 aromatic heterocycles. The molecule has 27 heavy (non-hydrogen) atoms. The summed E-state index contributed by atoms with van der Waals surface area (Å²) in [6, 6.07) is 12.0. The molecule has 1 saturated carbocycles. The van der Waals surface area contributed by atoms with Crippen LogP contribution < -0.4 is 11.1 Å². The smallest absolute Gasteiger partial charge is 0.282 e. The van der Waals surface area contributed by atoms with Gasteiger partial charge in [0, 0.05) is 11.9 Å². The lowest BCUT2D eigenvalue weighted by Gasteiger charge is -2.16. The molecule has 7 heteroatoms. The van der Waals surface area contributed by atoms with E-state index in [-0.39, 0.29) is 18.0 Å². The molecular weight excluding hydrogens is 364 g/mol. The molecule has 1 unspecified atom stereocenters. The third-order valence-electron chi connectivity index (χ3n) is 5.18. The zero-order chi connectivity index (χ0) is 18.9. The third kappa shape index (κ3) is 3.90. The van der Waals surface area contributed by atoms with Gasteiger partial charge in [-0.15, -0.1) is 0 Å². The summed E-state index contributed by atoms with van der Waals surface area (Å²) >= 11 is 5.85. The summed E-state index contributed by atoms with van der Waals surface area (Å²) in [5.74, 6) is 0.00675. The second-order valence-corrected chi connectivity index (χ2v) is 7.46. The van der Waals surface area contributed by atoms with Gasteiger partial charge in [-0.25, -0.2) is 9.98 Å². The Hall–Kier alpha value is -2.60. The number of aliphatic imine (C=N–C) groups is 1. The number of nitrogens with two attached hydrogens (primary N) is 1. The molecule has 2 heterocycles. The fourth-order valence-corrected chi connectivity index (χ4v) is 3.47. The minimum absolute atomic E-state index is 0.00675. The Labute approximate surface area is 162 Å². The Balaban J connectivity index is 1.35. The number of benzene rings is 1. The van der Waals surface area contributed by atoms with Gasteiger partial charge in [0.15, 0.2) is 0 Å². The fourth-order valence-electron chi connectivity index (χ4n) is 3.35. The maximum atomic E-state index is 12.8. The second kappa shape index (κ2) is 7.19. The van der Waals surface area contributed by atoms with Gasteiger partial charge in [-0.3, -0.25) is 4.79 Å². The lowest BCUT2D eigenvalue weighted by Crippen LogP contribution is -2.27. The Morgan fingerprint density at radius 1 is 1.26 bits per heavy atom. The van der Waals surface area contributed by atoms with E-state index < -0.39 is 5.41 Å². The molecule has 1 aliphatic carbocycles. The summed E-state index contributed by atoms with van der Waals surface area (Å²) in [6.07, 6.45) is 5.12. The standard InChI is InChI=1S/C20H21ClN4O2/c21-17-8-4-14(11-23-17)20(9-10-20)18(26)24-15-5-1-13(2-6-15)3-7-16-12-27-19(22)25-16/h1-2,4-6,8,11,16H,3,7,9-10,12H2,(H2,22,25)(H,24,26). The zero-order valence-electron chi connectivity index (χ0n) is 14.8.